The van der Waals surface area contributed by atoms with E-state index in [1.807, 2.05) is 6.92 Å². The Morgan fingerprint density at radius 3 is 2.67 bits per heavy atom. The van der Waals surface area contributed by atoms with E-state index in [0.29, 0.717) is 11.8 Å². The lowest BCUT2D eigenvalue weighted by Gasteiger charge is -2.28. The molecule has 7 heteroatoms. The SMILES string of the molecule is C[C@H](NC(=O)c1ccc(S(N)(=O)=O)o1)[C@H]1C[C@H]2CC[C@H]1C2. The summed E-state index contributed by atoms with van der Waals surface area (Å²) in [4.78, 5) is 12.1. The highest BCUT2D eigenvalue weighted by molar-refractivity contribution is 7.89. The fourth-order valence-corrected chi connectivity index (χ4v) is 4.35. The lowest BCUT2D eigenvalue weighted by molar-refractivity contribution is 0.0882. The van der Waals surface area contributed by atoms with Gasteiger partial charge in [0, 0.05) is 6.04 Å². The molecule has 21 heavy (non-hydrogen) atoms. The van der Waals surface area contributed by atoms with Gasteiger partial charge in [-0.05, 0) is 56.1 Å². The first-order valence-electron chi connectivity index (χ1n) is 7.28. The van der Waals surface area contributed by atoms with Crippen LogP contribution < -0.4 is 10.5 Å². The number of sulfonamides is 1. The van der Waals surface area contributed by atoms with E-state index >= 15 is 0 Å². The molecule has 0 saturated heterocycles. The number of hydrogen-bond acceptors (Lipinski definition) is 4. The molecule has 6 nitrogen and oxygen atoms in total. The molecule has 2 fully saturated rings. The lowest BCUT2D eigenvalue weighted by atomic mass is 9.84. The number of fused-ring (bicyclic) bond motifs is 2. The van der Waals surface area contributed by atoms with E-state index < -0.39 is 10.0 Å². The van der Waals surface area contributed by atoms with Crippen molar-refractivity contribution in [3.05, 3.63) is 17.9 Å². The molecule has 0 spiro atoms. The van der Waals surface area contributed by atoms with Crippen LogP contribution in [0.25, 0.3) is 0 Å². The highest BCUT2D eigenvalue weighted by atomic mass is 32.2. The number of nitrogens with one attached hydrogen (secondary N) is 1. The number of carbonyl (C=O) groups excluding carboxylic acids is 1. The number of amides is 1. The molecule has 2 aliphatic carbocycles. The van der Waals surface area contributed by atoms with Gasteiger partial charge < -0.3 is 9.73 Å². The minimum Gasteiger partial charge on any atom is -0.438 e. The highest BCUT2D eigenvalue weighted by Gasteiger charge is 2.42. The first-order chi connectivity index (χ1) is 9.84. The number of furan rings is 1. The zero-order chi connectivity index (χ0) is 15.2. The maximum absolute atomic E-state index is 12.1. The summed E-state index contributed by atoms with van der Waals surface area (Å²) in [5.41, 5.74) is 0. The van der Waals surface area contributed by atoms with E-state index in [2.05, 4.69) is 5.32 Å². The van der Waals surface area contributed by atoms with Crippen LogP contribution >= 0.6 is 0 Å². The average molecular weight is 312 g/mol. The molecular weight excluding hydrogens is 292 g/mol. The molecule has 3 N–H and O–H groups in total. The summed E-state index contributed by atoms with van der Waals surface area (Å²) in [7, 11) is -3.91. The van der Waals surface area contributed by atoms with Crippen molar-refractivity contribution in [2.24, 2.45) is 22.9 Å². The molecule has 1 amide bonds. The number of rotatable bonds is 4. The van der Waals surface area contributed by atoms with Crippen LogP contribution in [0.5, 0.6) is 0 Å². The Bertz CT molecular complexity index is 652. The van der Waals surface area contributed by atoms with Gasteiger partial charge in [-0.3, -0.25) is 4.79 Å². The summed E-state index contributed by atoms with van der Waals surface area (Å²) < 4.78 is 27.3. The molecule has 0 aromatic carbocycles. The van der Waals surface area contributed by atoms with E-state index in [-0.39, 0.29) is 22.8 Å². The van der Waals surface area contributed by atoms with Crippen molar-refractivity contribution in [2.45, 2.75) is 43.7 Å². The topological polar surface area (TPSA) is 102 Å². The van der Waals surface area contributed by atoms with Gasteiger partial charge in [-0.25, -0.2) is 13.6 Å². The fraction of sp³-hybridized carbons (Fsp3) is 0.643. The molecule has 0 unspecified atom stereocenters. The summed E-state index contributed by atoms with van der Waals surface area (Å²) in [5.74, 6) is 1.63. The van der Waals surface area contributed by atoms with E-state index in [1.165, 1.54) is 37.8 Å². The van der Waals surface area contributed by atoms with Crippen molar-refractivity contribution in [3.63, 3.8) is 0 Å². The van der Waals surface area contributed by atoms with Gasteiger partial charge in [0.25, 0.3) is 15.9 Å². The number of nitrogens with two attached hydrogens (primary N) is 1. The van der Waals surface area contributed by atoms with Gasteiger partial charge in [0.2, 0.25) is 5.09 Å². The van der Waals surface area contributed by atoms with E-state index in [0.717, 1.165) is 5.92 Å². The van der Waals surface area contributed by atoms with Crippen molar-refractivity contribution in [3.8, 4) is 0 Å². The van der Waals surface area contributed by atoms with Crippen LogP contribution in [0.1, 0.15) is 43.2 Å². The average Bonchev–Trinajstić information content (AvgIpc) is 3.13. The third-order valence-electron chi connectivity index (χ3n) is 4.88. The van der Waals surface area contributed by atoms with Gasteiger partial charge in [-0.1, -0.05) is 6.42 Å². The molecule has 1 aromatic rings. The Balaban J connectivity index is 1.65. The van der Waals surface area contributed by atoms with Crippen LogP contribution in [0.4, 0.5) is 0 Å². The summed E-state index contributed by atoms with van der Waals surface area (Å²) in [6, 6.07) is 2.60. The van der Waals surface area contributed by atoms with Crippen LogP contribution in [0.2, 0.25) is 0 Å². The van der Waals surface area contributed by atoms with E-state index in [4.69, 9.17) is 9.56 Å². The maximum atomic E-state index is 12.1. The Kier molecular flexibility index (Phi) is 3.57. The highest BCUT2D eigenvalue weighted by Crippen LogP contribution is 2.49. The van der Waals surface area contributed by atoms with Gasteiger partial charge in [0.1, 0.15) is 0 Å². The molecule has 4 atom stereocenters. The lowest BCUT2D eigenvalue weighted by Crippen LogP contribution is -2.40. The van der Waals surface area contributed by atoms with Crippen LogP contribution in [-0.2, 0) is 10.0 Å². The largest absolute Gasteiger partial charge is 0.438 e. The predicted octanol–water partition coefficient (Wildman–Crippen LogP) is 1.48. The molecule has 2 aliphatic rings. The summed E-state index contributed by atoms with van der Waals surface area (Å²) >= 11 is 0. The van der Waals surface area contributed by atoms with Crippen LogP contribution in [0.15, 0.2) is 21.6 Å². The molecule has 1 aromatic heterocycles. The minimum absolute atomic E-state index is 0.0194. The molecule has 0 radical (unpaired) electrons. The molecule has 0 aliphatic heterocycles. The second kappa shape index (κ2) is 5.14. The van der Waals surface area contributed by atoms with E-state index in [9.17, 15) is 13.2 Å². The van der Waals surface area contributed by atoms with Gasteiger partial charge in [-0.2, -0.15) is 0 Å². The predicted molar refractivity (Wildman–Crippen MR) is 75.9 cm³/mol. The van der Waals surface area contributed by atoms with Gasteiger partial charge in [0.05, 0.1) is 0 Å². The van der Waals surface area contributed by atoms with Gasteiger partial charge in [0.15, 0.2) is 5.76 Å². The minimum atomic E-state index is -3.91. The fourth-order valence-electron chi connectivity index (χ4n) is 3.89. The normalized spacial score (nSPS) is 29.5. The number of primary sulfonamides is 1. The molecule has 2 bridgehead atoms. The number of hydrogen-bond donors (Lipinski definition) is 2. The molecule has 3 rings (SSSR count). The summed E-state index contributed by atoms with van der Waals surface area (Å²) in [6.45, 7) is 2.01. The monoisotopic (exact) mass is 312 g/mol. The van der Waals surface area contributed by atoms with E-state index in [1.54, 1.807) is 0 Å². The first-order valence-corrected chi connectivity index (χ1v) is 8.82. The number of carbonyl (C=O) groups is 1. The molecule has 2 saturated carbocycles. The standard InChI is InChI=1S/C14H20N2O4S/c1-8(11-7-9-2-3-10(11)6-9)16-14(17)12-4-5-13(20-12)21(15,18)19/h4-5,8-11H,2-3,6-7H2,1H3,(H,16,17)(H2,15,18,19)/t8-,9-,10-,11+/m0/s1. The third-order valence-corrected chi connectivity index (χ3v) is 5.66. The van der Waals surface area contributed by atoms with Crippen molar-refractivity contribution < 1.29 is 17.6 Å². The van der Waals surface area contributed by atoms with Crippen molar-refractivity contribution >= 4 is 15.9 Å². The Labute approximate surface area is 124 Å². The van der Waals surface area contributed by atoms with Crippen molar-refractivity contribution in [1.29, 1.82) is 0 Å². The zero-order valence-electron chi connectivity index (χ0n) is 11.9. The second-order valence-electron chi connectivity index (χ2n) is 6.26. The van der Waals surface area contributed by atoms with Crippen molar-refractivity contribution in [2.75, 3.05) is 0 Å². The van der Waals surface area contributed by atoms with Gasteiger partial charge in [-0.15, -0.1) is 0 Å². The summed E-state index contributed by atoms with van der Waals surface area (Å²) in [6.07, 6.45) is 5.03. The second-order valence-corrected chi connectivity index (χ2v) is 7.76. The molecule has 1 heterocycles. The Morgan fingerprint density at radius 2 is 2.14 bits per heavy atom. The Hall–Kier alpha value is -1.34. The maximum Gasteiger partial charge on any atom is 0.287 e. The smallest absolute Gasteiger partial charge is 0.287 e. The van der Waals surface area contributed by atoms with Crippen LogP contribution in [0.3, 0.4) is 0 Å². The van der Waals surface area contributed by atoms with Crippen molar-refractivity contribution in [1.82, 2.24) is 5.32 Å². The third kappa shape index (κ3) is 2.85. The first kappa shape index (κ1) is 14.6. The van der Waals surface area contributed by atoms with Crippen LogP contribution in [-0.4, -0.2) is 20.4 Å². The molecular formula is C14H20N2O4S. The van der Waals surface area contributed by atoms with Gasteiger partial charge >= 0.3 is 0 Å². The van der Waals surface area contributed by atoms with Crippen LogP contribution in [0, 0.1) is 17.8 Å². The quantitative estimate of drug-likeness (QED) is 0.879. The zero-order valence-corrected chi connectivity index (χ0v) is 12.7. The Morgan fingerprint density at radius 1 is 1.38 bits per heavy atom. The molecule has 116 valence electrons. The summed E-state index contributed by atoms with van der Waals surface area (Å²) in [5, 5.41) is 7.49.